The molecular formula is C18H26N4O2. The number of ether oxygens (including phenoxy) is 1. The lowest BCUT2D eigenvalue weighted by molar-refractivity contribution is 0.0269. The molecule has 0 saturated carbocycles. The van der Waals surface area contributed by atoms with Gasteiger partial charge in [-0.05, 0) is 39.0 Å². The highest BCUT2D eigenvalue weighted by atomic mass is 16.5. The number of amides is 1. The van der Waals surface area contributed by atoms with Crippen LogP contribution in [0.25, 0.3) is 11.0 Å². The van der Waals surface area contributed by atoms with Gasteiger partial charge in [-0.25, -0.2) is 4.98 Å². The fraction of sp³-hybridized carbons (Fsp3) is 0.556. The number of imidazole rings is 1. The number of carbonyl (C=O) groups excluding carboxylic acids is 1. The lowest BCUT2D eigenvalue weighted by Gasteiger charge is -2.35. The molecule has 1 saturated heterocycles. The van der Waals surface area contributed by atoms with Gasteiger partial charge in [0, 0.05) is 37.8 Å². The quantitative estimate of drug-likeness (QED) is 0.927. The summed E-state index contributed by atoms with van der Waals surface area (Å²) in [5.74, 6) is 0.893. The van der Waals surface area contributed by atoms with E-state index in [0.717, 1.165) is 49.7 Å². The molecule has 0 atom stereocenters. The summed E-state index contributed by atoms with van der Waals surface area (Å²) in [7, 11) is 1.97. The number of rotatable bonds is 4. The average Bonchev–Trinajstić information content (AvgIpc) is 2.81. The number of aryl methyl sites for hydroxylation is 2. The van der Waals surface area contributed by atoms with Crippen LogP contribution in [0.15, 0.2) is 18.2 Å². The molecule has 1 N–H and O–H groups in total. The maximum absolute atomic E-state index is 12.7. The monoisotopic (exact) mass is 330 g/mol. The minimum Gasteiger partial charge on any atom is -0.379 e. The van der Waals surface area contributed by atoms with Gasteiger partial charge in [-0.3, -0.25) is 9.69 Å². The highest BCUT2D eigenvalue weighted by Crippen LogP contribution is 2.17. The van der Waals surface area contributed by atoms with Crippen molar-refractivity contribution in [1.29, 1.82) is 0 Å². The van der Waals surface area contributed by atoms with Gasteiger partial charge in [-0.2, -0.15) is 0 Å². The highest BCUT2D eigenvalue weighted by molar-refractivity contribution is 5.97. The fourth-order valence-corrected chi connectivity index (χ4v) is 3.19. The van der Waals surface area contributed by atoms with Crippen molar-refractivity contribution in [3.8, 4) is 0 Å². The van der Waals surface area contributed by atoms with Gasteiger partial charge in [0.15, 0.2) is 0 Å². The molecule has 2 heterocycles. The fourth-order valence-electron chi connectivity index (χ4n) is 3.19. The van der Waals surface area contributed by atoms with E-state index < -0.39 is 0 Å². The summed E-state index contributed by atoms with van der Waals surface area (Å²) in [6, 6.07) is 5.66. The Morgan fingerprint density at radius 1 is 1.33 bits per heavy atom. The van der Waals surface area contributed by atoms with Gasteiger partial charge in [-0.15, -0.1) is 0 Å². The molecule has 6 nitrogen and oxygen atoms in total. The van der Waals surface area contributed by atoms with Crippen LogP contribution in [-0.2, 0) is 11.8 Å². The van der Waals surface area contributed by atoms with Gasteiger partial charge < -0.3 is 14.6 Å². The largest absolute Gasteiger partial charge is 0.379 e. The predicted molar refractivity (Wildman–Crippen MR) is 94.3 cm³/mol. The third-order valence-corrected chi connectivity index (χ3v) is 4.54. The molecule has 0 bridgehead atoms. The first kappa shape index (κ1) is 16.9. The molecule has 0 unspecified atom stereocenters. The standard InChI is InChI=1S/C18H26N4O2/c1-13-19-15-6-5-14(11-16(15)21(13)4)17(23)20-18(2,3)12-22-7-9-24-10-8-22/h5-6,11H,7-10,12H2,1-4H3,(H,20,23). The third-order valence-electron chi connectivity index (χ3n) is 4.54. The number of fused-ring (bicyclic) bond motifs is 1. The normalized spacial score (nSPS) is 16.5. The Hall–Kier alpha value is -1.92. The van der Waals surface area contributed by atoms with Crippen LogP contribution in [0.2, 0.25) is 0 Å². The lowest BCUT2D eigenvalue weighted by Crippen LogP contribution is -2.53. The predicted octanol–water partition coefficient (Wildman–Crippen LogP) is 1.72. The zero-order valence-electron chi connectivity index (χ0n) is 14.9. The summed E-state index contributed by atoms with van der Waals surface area (Å²) in [4.78, 5) is 19.5. The Morgan fingerprint density at radius 3 is 2.75 bits per heavy atom. The highest BCUT2D eigenvalue weighted by Gasteiger charge is 2.25. The molecule has 6 heteroatoms. The maximum atomic E-state index is 12.7. The molecule has 1 aromatic heterocycles. The number of carbonyl (C=O) groups is 1. The van der Waals surface area contributed by atoms with Gasteiger partial charge in [0.1, 0.15) is 5.82 Å². The van der Waals surface area contributed by atoms with Crippen molar-refractivity contribution in [1.82, 2.24) is 19.8 Å². The molecule has 130 valence electrons. The zero-order chi connectivity index (χ0) is 17.3. The second-order valence-electron chi connectivity index (χ2n) is 7.15. The number of hydrogen-bond donors (Lipinski definition) is 1. The minimum atomic E-state index is -0.300. The second kappa shape index (κ2) is 6.53. The molecule has 2 aromatic rings. The van der Waals surface area contributed by atoms with E-state index >= 15 is 0 Å². The smallest absolute Gasteiger partial charge is 0.251 e. The van der Waals surface area contributed by atoms with Crippen LogP contribution in [0.1, 0.15) is 30.0 Å². The first-order valence-corrected chi connectivity index (χ1v) is 8.41. The van der Waals surface area contributed by atoms with E-state index in [0.29, 0.717) is 5.56 Å². The molecule has 0 spiro atoms. The molecule has 3 rings (SSSR count). The van der Waals surface area contributed by atoms with Crippen LogP contribution in [0.3, 0.4) is 0 Å². The summed E-state index contributed by atoms with van der Waals surface area (Å²) in [5, 5.41) is 3.16. The van der Waals surface area contributed by atoms with E-state index in [2.05, 4.69) is 29.0 Å². The van der Waals surface area contributed by atoms with Crippen molar-refractivity contribution in [3.05, 3.63) is 29.6 Å². The Kier molecular flexibility index (Phi) is 4.60. The number of benzene rings is 1. The van der Waals surface area contributed by atoms with Crippen LogP contribution >= 0.6 is 0 Å². The summed E-state index contributed by atoms with van der Waals surface area (Å²) in [6.07, 6.45) is 0. The molecule has 1 aliphatic rings. The van der Waals surface area contributed by atoms with Crippen molar-refractivity contribution in [2.45, 2.75) is 26.3 Å². The third kappa shape index (κ3) is 3.60. The second-order valence-corrected chi connectivity index (χ2v) is 7.15. The van der Waals surface area contributed by atoms with Crippen molar-refractivity contribution in [2.75, 3.05) is 32.8 Å². The molecule has 24 heavy (non-hydrogen) atoms. The first-order chi connectivity index (χ1) is 11.4. The first-order valence-electron chi connectivity index (χ1n) is 8.41. The van der Waals surface area contributed by atoms with E-state index in [1.54, 1.807) is 0 Å². The van der Waals surface area contributed by atoms with Gasteiger partial charge in [0.05, 0.1) is 24.2 Å². The Labute approximate surface area is 142 Å². The van der Waals surface area contributed by atoms with Gasteiger partial charge in [0.2, 0.25) is 0 Å². The summed E-state index contributed by atoms with van der Waals surface area (Å²) in [6.45, 7) is 10.3. The van der Waals surface area contributed by atoms with Gasteiger partial charge in [0.25, 0.3) is 5.91 Å². The Morgan fingerprint density at radius 2 is 2.04 bits per heavy atom. The minimum absolute atomic E-state index is 0.0472. The Balaban J connectivity index is 1.72. The van der Waals surface area contributed by atoms with Crippen molar-refractivity contribution in [3.63, 3.8) is 0 Å². The molecule has 1 amide bonds. The molecular weight excluding hydrogens is 304 g/mol. The van der Waals surface area contributed by atoms with E-state index in [1.807, 2.05) is 36.7 Å². The van der Waals surface area contributed by atoms with Gasteiger partial charge >= 0.3 is 0 Å². The van der Waals surface area contributed by atoms with E-state index in [4.69, 9.17) is 4.74 Å². The summed E-state index contributed by atoms with van der Waals surface area (Å²) >= 11 is 0. The van der Waals surface area contributed by atoms with E-state index in [-0.39, 0.29) is 11.4 Å². The van der Waals surface area contributed by atoms with Crippen LogP contribution in [0.4, 0.5) is 0 Å². The number of morpholine rings is 1. The van der Waals surface area contributed by atoms with Crippen molar-refractivity contribution in [2.24, 2.45) is 7.05 Å². The summed E-state index contributed by atoms with van der Waals surface area (Å²) in [5.41, 5.74) is 2.26. The number of hydrogen-bond acceptors (Lipinski definition) is 4. The maximum Gasteiger partial charge on any atom is 0.251 e. The van der Waals surface area contributed by atoms with Crippen molar-refractivity contribution < 1.29 is 9.53 Å². The van der Waals surface area contributed by atoms with Crippen LogP contribution in [-0.4, -0.2) is 58.7 Å². The molecule has 0 aliphatic carbocycles. The Bertz CT molecular complexity index is 745. The van der Waals surface area contributed by atoms with Crippen molar-refractivity contribution >= 4 is 16.9 Å². The SMILES string of the molecule is Cc1nc2ccc(C(=O)NC(C)(C)CN3CCOCC3)cc2n1C. The molecule has 1 aliphatic heterocycles. The van der Waals surface area contributed by atoms with Crippen LogP contribution < -0.4 is 5.32 Å². The molecule has 1 aromatic carbocycles. The van der Waals surface area contributed by atoms with Crippen LogP contribution in [0.5, 0.6) is 0 Å². The molecule has 1 fully saturated rings. The topological polar surface area (TPSA) is 59.4 Å². The zero-order valence-corrected chi connectivity index (χ0v) is 14.9. The van der Waals surface area contributed by atoms with E-state index in [9.17, 15) is 4.79 Å². The number of nitrogens with zero attached hydrogens (tertiary/aromatic N) is 3. The van der Waals surface area contributed by atoms with Crippen LogP contribution in [0, 0.1) is 6.92 Å². The molecule has 0 radical (unpaired) electrons. The van der Waals surface area contributed by atoms with E-state index in [1.165, 1.54) is 0 Å². The number of nitrogens with one attached hydrogen (secondary N) is 1. The lowest BCUT2D eigenvalue weighted by atomic mass is 10.0. The number of aromatic nitrogens is 2. The average molecular weight is 330 g/mol. The van der Waals surface area contributed by atoms with Gasteiger partial charge in [-0.1, -0.05) is 0 Å². The summed E-state index contributed by atoms with van der Waals surface area (Å²) < 4.78 is 7.39.